The predicted octanol–water partition coefficient (Wildman–Crippen LogP) is 4.62. The molecule has 0 radical (unpaired) electrons. The highest BCUT2D eigenvalue weighted by Crippen LogP contribution is 2.41. The van der Waals surface area contributed by atoms with Crippen LogP contribution in [-0.4, -0.2) is 13.6 Å². The lowest BCUT2D eigenvalue weighted by molar-refractivity contribution is 0.225. The van der Waals surface area contributed by atoms with Crippen molar-refractivity contribution in [3.05, 3.63) is 41.7 Å². The van der Waals surface area contributed by atoms with Crippen molar-refractivity contribution < 1.29 is 13.5 Å². The Morgan fingerprint density at radius 2 is 2.05 bits per heavy atom. The fraction of sp³-hybridized carbons (Fsp3) is 0.556. The largest absolute Gasteiger partial charge is 0.459 e. The third kappa shape index (κ3) is 3.67. The van der Waals surface area contributed by atoms with Crippen LogP contribution in [0.25, 0.3) is 0 Å². The van der Waals surface area contributed by atoms with Crippen molar-refractivity contribution in [2.45, 2.75) is 39.0 Å². The molecule has 1 aliphatic rings. The Kier molecular flexibility index (Phi) is 5.57. The number of allylic oxidation sites excluding steroid dienone is 1. The third-order valence-electron chi connectivity index (χ3n) is 4.63. The normalized spacial score (nSPS) is 25.0. The first-order valence-corrected chi connectivity index (χ1v) is 7.89. The Labute approximate surface area is 131 Å². The molecule has 4 heteroatoms. The van der Waals surface area contributed by atoms with Gasteiger partial charge in [0, 0.05) is 0 Å². The predicted molar refractivity (Wildman–Crippen MR) is 85.0 cm³/mol. The highest BCUT2D eigenvalue weighted by molar-refractivity contribution is 5.34. The molecule has 122 valence electrons. The Balaban J connectivity index is 2.22. The van der Waals surface area contributed by atoms with E-state index in [1.54, 1.807) is 13.0 Å². The molecule has 0 spiro atoms. The molecular formula is C18H25F2NO. The first-order chi connectivity index (χ1) is 10.4. The van der Waals surface area contributed by atoms with E-state index in [0.29, 0.717) is 23.2 Å². The molecule has 1 fully saturated rings. The summed E-state index contributed by atoms with van der Waals surface area (Å²) in [6.45, 7) is 8.31. The minimum Gasteiger partial charge on any atom is -0.459 e. The fourth-order valence-electron chi connectivity index (χ4n) is 3.37. The van der Waals surface area contributed by atoms with E-state index in [1.165, 1.54) is 6.07 Å². The van der Waals surface area contributed by atoms with Gasteiger partial charge in [0.2, 0.25) is 5.82 Å². The van der Waals surface area contributed by atoms with Gasteiger partial charge in [0.15, 0.2) is 11.6 Å². The molecule has 1 aromatic carbocycles. The molecule has 0 heterocycles. The van der Waals surface area contributed by atoms with E-state index >= 15 is 0 Å². The second kappa shape index (κ2) is 7.23. The molecule has 0 aromatic heterocycles. The molecule has 0 aliphatic heterocycles. The Morgan fingerprint density at radius 3 is 2.68 bits per heavy atom. The van der Waals surface area contributed by atoms with Crippen molar-refractivity contribution in [1.82, 2.24) is 5.32 Å². The highest BCUT2D eigenvalue weighted by atomic mass is 19.2. The van der Waals surface area contributed by atoms with Crippen molar-refractivity contribution >= 4 is 0 Å². The van der Waals surface area contributed by atoms with Crippen LogP contribution >= 0.6 is 0 Å². The monoisotopic (exact) mass is 309 g/mol. The molecule has 1 aromatic rings. The molecule has 0 bridgehead atoms. The molecule has 2 rings (SSSR count). The summed E-state index contributed by atoms with van der Waals surface area (Å²) in [4.78, 5) is 0. The SMILES string of the molecule is C=C(C)Oc1ccc(C2CCC(C)C(CNC)C2)c(F)c1F. The summed E-state index contributed by atoms with van der Waals surface area (Å²) in [5, 5.41) is 3.20. The van der Waals surface area contributed by atoms with Gasteiger partial charge in [0.1, 0.15) is 0 Å². The van der Waals surface area contributed by atoms with Gasteiger partial charge in [-0.2, -0.15) is 4.39 Å². The number of rotatable bonds is 5. The number of benzene rings is 1. The molecule has 3 atom stereocenters. The second-order valence-electron chi connectivity index (χ2n) is 6.39. The topological polar surface area (TPSA) is 21.3 Å². The van der Waals surface area contributed by atoms with Crippen LogP contribution in [0.1, 0.15) is 44.6 Å². The maximum atomic E-state index is 14.4. The molecule has 22 heavy (non-hydrogen) atoms. The minimum absolute atomic E-state index is 0.0722. The minimum atomic E-state index is -0.913. The van der Waals surface area contributed by atoms with Crippen LogP contribution in [0.4, 0.5) is 8.78 Å². The first-order valence-electron chi connectivity index (χ1n) is 7.89. The van der Waals surface area contributed by atoms with Gasteiger partial charge in [-0.05, 0) is 69.2 Å². The van der Waals surface area contributed by atoms with Gasteiger partial charge in [-0.25, -0.2) is 4.39 Å². The van der Waals surface area contributed by atoms with Crippen LogP contribution in [-0.2, 0) is 0 Å². The molecule has 1 aliphatic carbocycles. The number of nitrogens with one attached hydrogen (secondary N) is 1. The van der Waals surface area contributed by atoms with Gasteiger partial charge in [-0.1, -0.05) is 19.6 Å². The van der Waals surface area contributed by atoms with Crippen LogP contribution in [0.3, 0.4) is 0 Å². The van der Waals surface area contributed by atoms with Gasteiger partial charge in [0.05, 0.1) is 5.76 Å². The van der Waals surface area contributed by atoms with Crippen LogP contribution in [0.15, 0.2) is 24.5 Å². The number of hydrogen-bond acceptors (Lipinski definition) is 2. The molecule has 2 nitrogen and oxygen atoms in total. The summed E-state index contributed by atoms with van der Waals surface area (Å²) >= 11 is 0. The van der Waals surface area contributed by atoms with Crippen LogP contribution in [0.5, 0.6) is 5.75 Å². The van der Waals surface area contributed by atoms with E-state index in [2.05, 4.69) is 18.8 Å². The maximum Gasteiger partial charge on any atom is 0.201 e. The molecule has 0 saturated heterocycles. The molecule has 1 saturated carbocycles. The third-order valence-corrected chi connectivity index (χ3v) is 4.63. The summed E-state index contributed by atoms with van der Waals surface area (Å²) in [6, 6.07) is 3.17. The van der Waals surface area contributed by atoms with Crippen LogP contribution in [0.2, 0.25) is 0 Å². The second-order valence-corrected chi connectivity index (χ2v) is 6.39. The lowest BCUT2D eigenvalue weighted by Crippen LogP contribution is -2.30. The zero-order valence-corrected chi connectivity index (χ0v) is 13.6. The highest BCUT2D eigenvalue weighted by Gasteiger charge is 2.30. The molecular weight excluding hydrogens is 284 g/mol. The lowest BCUT2D eigenvalue weighted by Gasteiger charge is -2.34. The molecule has 1 N–H and O–H groups in total. The summed E-state index contributed by atoms with van der Waals surface area (Å²) in [5.74, 6) is -0.259. The number of ether oxygens (including phenoxy) is 1. The zero-order valence-electron chi connectivity index (χ0n) is 13.6. The summed E-state index contributed by atoms with van der Waals surface area (Å²) in [6.07, 6.45) is 2.83. The van der Waals surface area contributed by atoms with Gasteiger partial charge in [-0.3, -0.25) is 0 Å². The number of hydrogen-bond donors (Lipinski definition) is 1. The molecule has 0 amide bonds. The summed E-state index contributed by atoms with van der Waals surface area (Å²) < 4.78 is 33.7. The van der Waals surface area contributed by atoms with Gasteiger partial charge < -0.3 is 10.1 Å². The van der Waals surface area contributed by atoms with E-state index in [1.807, 2.05) is 7.05 Å². The van der Waals surface area contributed by atoms with E-state index in [0.717, 1.165) is 25.8 Å². The average molecular weight is 309 g/mol. The van der Waals surface area contributed by atoms with Crippen molar-refractivity contribution in [2.24, 2.45) is 11.8 Å². The van der Waals surface area contributed by atoms with Gasteiger partial charge in [-0.15, -0.1) is 0 Å². The Hall–Kier alpha value is -1.42. The average Bonchev–Trinajstić information content (AvgIpc) is 2.47. The van der Waals surface area contributed by atoms with Crippen LogP contribution < -0.4 is 10.1 Å². The van der Waals surface area contributed by atoms with Crippen molar-refractivity contribution in [1.29, 1.82) is 0 Å². The lowest BCUT2D eigenvalue weighted by atomic mass is 9.72. The molecule has 3 unspecified atom stereocenters. The van der Waals surface area contributed by atoms with E-state index in [9.17, 15) is 8.78 Å². The Morgan fingerprint density at radius 1 is 1.32 bits per heavy atom. The smallest absolute Gasteiger partial charge is 0.201 e. The quantitative estimate of drug-likeness (QED) is 0.802. The standard InChI is InChI=1S/C18H25F2NO/c1-11(2)22-16-8-7-15(17(19)18(16)20)13-6-5-12(3)14(9-13)10-21-4/h7-8,12-14,21H,1,5-6,9-10H2,2-4H3. The Bertz CT molecular complexity index is 544. The fourth-order valence-corrected chi connectivity index (χ4v) is 3.37. The van der Waals surface area contributed by atoms with Crippen LogP contribution in [0, 0.1) is 23.5 Å². The van der Waals surface area contributed by atoms with Gasteiger partial charge in [0.25, 0.3) is 0 Å². The zero-order chi connectivity index (χ0) is 16.3. The summed E-state index contributed by atoms with van der Waals surface area (Å²) in [7, 11) is 1.93. The van der Waals surface area contributed by atoms with E-state index < -0.39 is 11.6 Å². The van der Waals surface area contributed by atoms with Crippen molar-refractivity contribution in [3.63, 3.8) is 0 Å². The summed E-state index contributed by atoms with van der Waals surface area (Å²) in [5.41, 5.74) is 0.472. The maximum absolute atomic E-state index is 14.4. The number of halogens is 2. The first kappa shape index (κ1) is 16.9. The van der Waals surface area contributed by atoms with Crippen molar-refractivity contribution in [2.75, 3.05) is 13.6 Å². The van der Waals surface area contributed by atoms with Gasteiger partial charge >= 0.3 is 0 Å². The van der Waals surface area contributed by atoms with E-state index in [4.69, 9.17) is 4.74 Å². The van der Waals surface area contributed by atoms with E-state index in [-0.39, 0.29) is 11.7 Å². The van der Waals surface area contributed by atoms with Crippen molar-refractivity contribution in [3.8, 4) is 5.75 Å².